The largest absolute Gasteiger partial charge is 0.480 e. The van der Waals surface area contributed by atoms with Crippen LogP contribution >= 0.6 is 12.4 Å². The lowest BCUT2D eigenvalue weighted by molar-refractivity contribution is -0.142. The summed E-state index contributed by atoms with van der Waals surface area (Å²) in [6.07, 6.45) is 0.288. The molecule has 1 amide bonds. The van der Waals surface area contributed by atoms with Crippen LogP contribution in [-0.4, -0.2) is 34.7 Å². The van der Waals surface area contributed by atoms with Gasteiger partial charge in [0.25, 0.3) is 0 Å². The smallest absolute Gasteiger partial charge is 0.326 e. The second-order valence-corrected chi connectivity index (χ2v) is 2.32. The van der Waals surface area contributed by atoms with Crippen LogP contribution in [0.1, 0.15) is 19.8 Å². The molecule has 0 unspecified atom stereocenters. The number of carbonyl (C=O) groups is 2. The highest BCUT2D eigenvalue weighted by Gasteiger charge is 2.17. The van der Waals surface area contributed by atoms with E-state index in [-0.39, 0.29) is 37.8 Å². The summed E-state index contributed by atoms with van der Waals surface area (Å²) in [5.74, 6) is -1.44. The van der Waals surface area contributed by atoms with Gasteiger partial charge in [-0.2, -0.15) is 0 Å². The van der Waals surface area contributed by atoms with Crippen molar-refractivity contribution in [3.63, 3.8) is 0 Å². The van der Waals surface area contributed by atoms with Gasteiger partial charge in [0.15, 0.2) is 0 Å². The molecule has 0 fully saturated rings. The third-order valence-electron chi connectivity index (χ3n) is 1.37. The normalized spacial score (nSPS) is 11.2. The lowest BCUT2D eigenvalue weighted by Crippen LogP contribution is -2.41. The Kier molecular flexibility index (Phi) is 8.84. The molecule has 6 heteroatoms. The molecule has 0 aromatic rings. The maximum absolute atomic E-state index is 10.7. The Balaban J connectivity index is 0. The van der Waals surface area contributed by atoms with E-state index in [1.807, 2.05) is 0 Å². The Morgan fingerprint density at radius 2 is 2.00 bits per heavy atom. The molecule has 0 heterocycles. The Hall–Kier alpha value is -0.810. The van der Waals surface area contributed by atoms with E-state index in [0.29, 0.717) is 0 Å². The van der Waals surface area contributed by atoms with Crippen LogP contribution in [0.25, 0.3) is 0 Å². The van der Waals surface area contributed by atoms with Gasteiger partial charge in [-0.3, -0.25) is 4.79 Å². The highest BCUT2D eigenvalue weighted by molar-refractivity contribution is 5.85. The van der Waals surface area contributed by atoms with Crippen molar-refractivity contribution < 1.29 is 19.8 Å². The van der Waals surface area contributed by atoms with Crippen LogP contribution < -0.4 is 5.32 Å². The van der Waals surface area contributed by atoms with Gasteiger partial charge >= 0.3 is 5.97 Å². The molecule has 0 aromatic heterocycles. The average Bonchev–Trinajstić information content (AvgIpc) is 2.03. The summed E-state index contributed by atoms with van der Waals surface area (Å²) in [5, 5.41) is 19.2. The number of hydrogen-bond donors (Lipinski definition) is 3. The molecular formula is C7H14ClNO4. The molecule has 1 atom stereocenters. The van der Waals surface area contributed by atoms with E-state index >= 15 is 0 Å². The van der Waals surface area contributed by atoms with E-state index in [2.05, 4.69) is 5.32 Å². The molecule has 0 aromatic carbocycles. The van der Waals surface area contributed by atoms with E-state index in [9.17, 15) is 9.59 Å². The van der Waals surface area contributed by atoms with Crippen molar-refractivity contribution in [3.05, 3.63) is 0 Å². The number of aliphatic hydroxyl groups excluding tert-OH is 1. The number of hydrogen-bond acceptors (Lipinski definition) is 3. The molecular weight excluding hydrogens is 198 g/mol. The van der Waals surface area contributed by atoms with Crippen LogP contribution in [0.2, 0.25) is 0 Å². The topological polar surface area (TPSA) is 86.6 Å². The van der Waals surface area contributed by atoms with Gasteiger partial charge in [-0.15, -0.1) is 12.4 Å². The van der Waals surface area contributed by atoms with Gasteiger partial charge in [-0.05, 0) is 0 Å². The summed E-state index contributed by atoms with van der Waals surface area (Å²) >= 11 is 0. The van der Waals surface area contributed by atoms with Crippen molar-refractivity contribution in [2.75, 3.05) is 6.61 Å². The van der Waals surface area contributed by atoms with Crippen molar-refractivity contribution in [1.29, 1.82) is 0 Å². The summed E-state index contributed by atoms with van der Waals surface area (Å²) < 4.78 is 0. The van der Waals surface area contributed by atoms with Gasteiger partial charge in [-0.1, -0.05) is 6.92 Å². The number of aliphatic carboxylic acids is 1. The number of carboxylic acid groups (broad SMARTS) is 1. The number of rotatable bonds is 5. The zero-order valence-corrected chi connectivity index (χ0v) is 8.13. The van der Waals surface area contributed by atoms with E-state index in [1.165, 1.54) is 0 Å². The molecule has 5 nitrogen and oxygen atoms in total. The molecule has 0 saturated carbocycles. The van der Waals surface area contributed by atoms with Crippen molar-refractivity contribution >= 4 is 24.3 Å². The van der Waals surface area contributed by atoms with E-state index in [4.69, 9.17) is 10.2 Å². The molecule has 3 N–H and O–H groups in total. The molecule has 0 saturated heterocycles. The minimum atomic E-state index is -1.12. The summed E-state index contributed by atoms with van der Waals surface area (Å²) in [6, 6.07) is -0.970. The zero-order chi connectivity index (χ0) is 9.56. The first-order valence-electron chi connectivity index (χ1n) is 3.74. The minimum absolute atomic E-state index is 0. The fourth-order valence-electron chi connectivity index (χ4n) is 0.683. The second kappa shape index (κ2) is 7.82. The van der Waals surface area contributed by atoms with E-state index < -0.39 is 12.0 Å². The zero-order valence-electron chi connectivity index (χ0n) is 7.32. The maximum Gasteiger partial charge on any atom is 0.326 e. The summed E-state index contributed by atoms with van der Waals surface area (Å²) in [7, 11) is 0. The van der Waals surface area contributed by atoms with Gasteiger partial charge in [0.1, 0.15) is 6.04 Å². The van der Waals surface area contributed by atoms with Crippen LogP contribution in [0.15, 0.2) is 0 Å². The summed E-state index contributed by atoms with van der Waals surface area (Å²) in [4.78, 5) is 21.2. The Bertz CT molecular complexity index is 172. The van der Waals surface area contributed by atoms with Crippen LogP contribution in [0, 0.1) is 0 Å². The molecule has 78 valence electrons. The first-order valence-corrected chi connectivity index (χ1v) is 3.74. The molecule has 0 radical (unpaired) electrons. The monoisotopic (exact) mass is 211 g/mol. The summed E-state index contributed by atoms with van der Waals surface area (Å²) in [5.41, 5.74) is 0. The standard InChI is InChI=1S/C7H13NO4.ClH/c1-2-6(10)8-5(3-4-9)7(11)12;/h5,9H,2-4H2,1H3,(H,8,10)(H,11,12);1H/t5-;/m0./s1. The first kappa shape index (κ1) is 14.7. The Labute approximate surface area is 82.5 Å². The van der Waals surface area contributed by atoms with Crippen molar-refractivity contribution in [1.82, 2.24) is 5.32 Å². The predicted octanol–water partition coefficient (Wildman–Crippen LogP) is -0.230. The lowest BCUT2D eigenvalue weighted by Gasteiger charge is -2.11. The number of carbonyl (C=O) groups excluding carboxylic acids is 1. The molecule has 0 aliphatic heterocycles. The highest BCUT2D eigenvalue weighted by Crippen LogP contribution is 1.92. The minimum Gasteiger partial charge on any atom is -0.480 e. The number of amides is 1. The van der Waals surface area contributed by atoms with Gasteiger partial charge < -0.3 is 15.5 Å². The molecule has 13 heavy (non-hydrogen) atoms. The first-order chi connectivity index (χ1) is 5.61. The third kappa shape index (κ3) is 6.36. The number of carboxylic acids is 1. The molecule has 0 spiro atoms. The Morgan fingerprint density at radius 3 is 2.31 bits per heavy atom. The quantitative estimate of drug-likeness (QED) is 0.586. The van der Waals surface area contributed by atoms with Crippen molar-refractivity contribution in [2.24, 2.45) is 0 Å². The average molecular weight is 212 g/mol. The van der Waals surface area contributed by atoms with Crippen LogP contribution in [0.3, 0.4) is 0 Å². The van der Waals surface area contributed by atoms with E-state index in [0.717, 1.165) is 0 Å². The summed E-state index contributed by atoms with van der Waals surface area (Å²) in [6.45, 7) is 1.38. The van der Waals surface area contributed by atoms with Crippen molar-refractivity contribution in [3.8, 4) is 0 Å². The molecule has 0 rings (SSSR count). The number of halogens is 1. The second-order valence-electron chi connectivity index (χ2n) is 2.32. The number of aliphatic hydroxyl groups is 1. The van der Waals surface area contributed by atoms with Gasteiger partial charge in [0.05, 0.1) is 0 Å². The van der Waals surface area contributed by atoms with Gasteiger partial charge in [0.2, 0.25) is 5.91 Å². The molecule has 0 aliphatic rings. The van der Waals surface area contributed by atoms with Crippen LogP contribution in [-0.2, 0) is 9.59 Å². The lowest BCUT2D eigenvalue weighted by atomic mass is 10.2. The van der Waals surface area contributed by atoms with Gasteiger partial charge in [-0.25, -0.2) is 4.79 Å². The van der Waals surface area contributed by atoms with Crippen molar-refractivity contribution in [2.45, 2.75) is 25.8 Å². The molecule has 0 aliphatic carbocycles. The fourth-order valence-corrected chi connectivity index (χ4v) is 0.683. The highest BCUT2D eigenvalue weighted by atomic mass is 35.5. The van der Waals surface area contributed by atoms with E-state index in [1.54, 1.807) is 6.92 Å². The predicted molar refractivity (Wildman–Crippen MR) is 48.8 cm³/mol. The fraction of sp³-hybridized carbons (Fsp3) is 0.714. The van der Waals surface area contributed by atoms with Gasteiger partial charge in [0, 0.05) is 19.4 Å². The maximum atomic E-state index is 10.7. The SMILES string of the molecule is CCC(=O)N[C@@H](CCO)C(=O)O.Cl. The number of nitrogens with one attached hydrogen (secondary N) is 1. The van der Waals surface area contributed by atoms with Crippen LogP contribution in [0.4, 0.5) is 0 Å². The van der Waals surface area contributed by atoms with Crippen LogP contribution in [0.5, 0.6) is 0 Å². The Morgan fingerprint density at radius 1 is 1.46 bits per heavy atom. The third-order valence-corrected chi connectivity index (χ3v) is 1.37. The molecule has 0 bridgehead atoms.